The third-order valence-corrected chi connectivity index (χ3v) is 6.01. The van der Waals surface area contributed by atoms with Crippen molar-refractivity contribution >= 4 is 27.3 Å². The Labute approximate surface area is 174 Å². The summed E-state index contributed by atoms with van der Waals surface area (Å²) in [6.45, 7) is 1.56. The molecule has 0 heterocycles. The Kier molecular flexibility index (Phi) is 5.91. The predicted octanol–water partition coefficient (Wildman–Crippen LogP) is 3.12. The molecule has 0 saturated heterocycles. The molecule has 1 aliphatic carbocycles. The van der Waals surface area contributed by atoms with E-state index >= 15 is 0 Å². The fraction of sp³-hybridized carbons (Fsp3) is 0.278. The molecule has 1 aliphatic rings. The molecule has 2 aromatic rings. The minimum Gasteiger partial charge on any atom is -0.292 e. The fourth-order valence-corrected chi connectivity index (χ4v) is 3.99. The Morgan fingerprint density at radius 3 is 2.42 bits per heavy atom. The van der Waals surface area contributed by atoms with E-state index in [9.17, 15) is 36.5 Å². The number of hydrogen-bond acceptors (Lipinski definition) is 6. The maximum atomic E-state index is 12.8. The molecule has 1 fully saturated rings. The molecule has 0 aromatic heterocycles. The number of amides is 1. The van der Waals surface area contributed by atoms with Crippen molar-refractivity contribution in [2.45, 2.75) is 36.9 Å². The van der Waals surface area contributed by atoms with E-state index in [1.807, 2.05) is 0 Å². The van der Waals surface area contributed by atoms with Gasteiger partial charge in [0.2, 0.25) is 10.0 Å². The molecule has 1 amide bonds. The van der Waals surface area contributed by atoms with Crippen molar-refractivity contribution in [3.63, 3.8) is 0 Å². The van der Waals surface area contributed by atoms with Gasteiger partial charge in [0.05, 0.1) is 15.4 Å². The molecule has 0 bridgehead atoms. The molecule has 166 valence electrons. The molecule has 0 atom stereocenters. The third-order valence-electron chi connectivity index (χ3n) is 4.50. The highest BCUT2D eigenvalue weighted by Crippen LogP contribution is 2.34. The van der Waals surface area contributed by atoms with Crippen LogP contribution in [0.15, 0.2) is 41.3 Å². The Balaban J connectivity index is 1.81. The summed E-state index contributed by atoms with van der Waals surface area (Å²) in [6.07, 6.45) is -3.31. The van der Waals surface area contributed by atoms with Crippen LogP contribution in [-0.4, -0.2) is 25.3 Å². The van der Waals surface area contributed by atoms with Gasteiger partial charge in [0, 0.05) is 17.7 Å². The van der Waals surface area contributed by atoms with Gasteiger partial charge < -0.3 is 0 Å². The van der Waals surface area contributed by atoms with Crippen LogP contribution in [0.1, 0.15) is 34.3 Å². The van der Waals surface area contributed by atoms with Gasteiger partial charge in [0.1, 0.15) is 5.69 Å². The molecule has 3 N–H and O–H groups in total. The van der Waals surface area contributed by atoms with Crippen molar-refractivity contribution in [3.05, 3.63) is 63.2 Å². The van der Waals surface area contributed by atoms with Gasteiger partial charge in [-0.1, -0.05) is 6.07 Å². The summed E-state index contributed by atoms with van der Waals surface area (Å²) in [6, 6.07) is 5.57. The molecule has 3 rings (SSSR count). The van der Waals surface area contributed by atoms with Crippen LogP contribution in [0.2, 0.25) is 0 Å². The van der Waals surface area contributed by atoms with E-state index < -0.39 is 38.3 Å². The minimum absolute atomic E-state index is 0.0271. The van der Waals surface area contributed by atoms with E-state index in [2.05, 4.69) is 15.6 Å². The number of rotatable bonds is 7. The monoisotopic (exact) mass is 458 g/mol. The SMILES string of the molecule is Cc1ccc(S(=O)(=O)NC2CC2)cc1C(=O)NNc1ccc(C(F)(F)F)cc1[N+](=O)[O-]. The maximum Gasteiger partial charge on any atom is 0.416 e. The van der Waals surface area contributed by atoms with Crippen LogP contribution in [-0.2, 0) is 16.2 Å². The number of nitro benzene ring substituents is 1. The van der Waals surface area contributed by atoms with E-state index in [4.69, 9.17) is 0 Å². The molecular weight excluding hydrogens is 441 g/mol. The molecule has 13 heteroatoms. The molecule has 0 spiro atoms. The summed E-state index contributed by atoms with van der Waals surface area (Å²) < 4.78 is 65.6. The lowest BCUT2D eigenvalue weighted by atomic mass is 10.1. The number of nitrogens with zero attached hydrogens (tertiary/aromatic N) is 1. The molecule has 2 aromatic carbocycles. The largest absolute Gasteiger partial charge is 0.416 e. The highest BCUT2D eigenvalue weighted by molar-refractivity contribution is 7.89. The number of benzene rings is 2. The predicted molar refractivity (Wildman–Crippen MR) is 104 cm³/mol. The van der Waals surface area contributed by atoms with E-state index in [1.54, 1.807) is 6.92 Å². The Bertz CT molecular complexity index is 1150. The number of carbonyl (C=O) groups is 1. The first-order chi connectivity index (χ1) is 14.4. The Hall–Kier alpha value is -3.19. The van der Waals surface area contributed by atoms with Gasteiger partial charge in [-0.15, -0.1) is 0 Å². The second kappa shape index (κ2) is 8.15. The Morgan fingerprint density at radius 2 is 1.84 bits per heavy atom. The molecule has 31 heavy (non-hydrogen) atoms. The van der Waals surface area contributed by atoms with E-state index in [-0.39, 0.29) is 22.2 Å². The van der Waals surface area contributed by atoms with Crippen LogP contribution in [0, 0.1) is 17.0 Å². The molecule has 0 unspecified atom stereocenters. The van der Waals surface area contributed by atoms with E-state index in [0.29, 0.717) is 17.7 Å². The van der Waals surface area contributed by atoms with Gasteiger partial charge in [0.15, 0.2) is 0 Å². The Morgan fingerprint density at radius 1 is 1.16 bits per heavy atom. The van der Waals surface area contributed by atoms with Gasteiger partial charge >= 0.3 is 6.18 Å². The van der Waals surface area contributed by atoms with E-state index in [1.165, 1.54) is 12.1 Å². The van der Waals surface area contributed by atoms with Crippen molar-refractivity contribution in [2.24, 2.45) is 0 Å². The topological polar surface area (TPSA) is 130 Å². The van der Waals surface area contributed by atoms with Gasteiger partial charge in [0.25, 0.3) is 11.6 Å². The van der Waals surface area contributed by atoms with Crippen molar-refractivity contribution < 1.29 is 31.3 Å². The first kappa shape index (κ1) is 22.5. The molecule has 9 nitrogen and oxygen atoms in total. The number of nitrogens with one attached hydrogen (secondary N) is 3. The van der Waals surface area contributed by atoms with Crippen molar-refractivity contribution in [2.75, 3.05) is 5.43 Å². The first-order valence-electron chi connectivity index (χ1n) is 8.93. The highest BCUT2D eigenvalue weighted by atomic mass is 32.2. The zero-order chi connectivity index (χ0) is 23.0. The number of anilines is 1. The van der Waals surface area contributed by atoms with Gasteiger partial charge in [-0.2, -0.15) is 13.2 Å². The molecular formula is C18H17F3N4O5S. The number of hydrazine groups is 1. The number of nitro groups is 1. The minimum atomic E-state index is -4.77. The van der Waals surface area contributed by atoms with Crippen LogP contribution in [0.5, 0.6) is 0 Å². The fourth-order valence-electron chi connectivity index (χ4n) is 2.66. The number of carbonyl (C=O) groups excluding carboxylic acids is 1. The smallest absolute Gasteiger partial charge is 0.292 e. The lowest BCUT2D eigenvalue weighted by Gasteiger charge is -2.13. The van der Waals surface area contributed by atoms with Gasteiger partial charge in [-0.3, -0.25) is 25.8 Å². The summed E-state index contributed by atoms with van der Waals surface area (Å²) >= 11 is 0. The van der Waals surface area contributed by atoms with Crippen LogP contribution < -0.4 is 15.6 Å². The number of hydrogen-bond donors (Lipinski definition) is 3. The normalized spacial score (nSPS) is 14.2. The zero-order valence-electron chi connectivity index (χ0n) is 16.0. The standard InChI is InChI=1S/C18H17F3N4O5S/c1-10-2-6-13(31(29,30)24-12-4-5-12)9-14(10)17(26)23-22-15-7-3-11(18(19,20)21)8-16(15)25(27)28/h2-3,6-9,12,22,24H,4-5H2,1H3,(H,23,26). The first-order valence-corrected chi connectivity index (χ1v) is 10.4. The summed E-state index contributed by atoms with van der Waals surface area (Å²) in [5, 5.41) is 11.1. The van der Waals surface area contributed by atoms with Crippen LogP contribution in [0.3, 0.4) is 0 Å². The van der Waals surface area contributed by atoms with Crippen molar-refractivity contribution in [1.82, 2.24) is 10.1 Å². The summed E-state index contributed by atoms with van der Waals surface area (Å²) in [5.41, 5.74) is 2.29. The van der Waals surface area contributed by atoms with Crippen LogP contribution in [0.4, 0.5) is 24.5 Å². The van der Waals surface area contributed by atoms with E-state index in [0.717, 1.165) is 25.0 Å². The average Bonchev–Trinajstić information content (AvgIpc) is 3.48. The lowest BCUT2D eigenvalue weighted by Crippen LogP contribution is -2.31. The van der Waals surface area contributed by atoms with Gasteiger partial charge in [-0.05, 0) is 49.6 Å². The average molecular weight is 458 g/mol. The van der Waals surface area contributed by atoms with Crippen LogP contribution in [0.25, 0.3) is 0 Å². The lowest BCUT2D eigenvalue weighted by molar-refractivity contribution is -0.384. The number of aryl methyl sites for hydroxylation is 1. The van der Waals surface area contributed by atoms with Crippen LogP contribution >= 0.6 is 0 Å². The quantitative estimate of drug-likeness (QED) is 0.432. The summed E-state index contributed by atoms with van der Waals surface area (Å²) in [4.78, 5) is 22.5. The third kappa shape index (κ3) is 5.30. The second-order valence-electron chi connectivity index (χ2n) is 6.94. The molecule has 1 saturated carbocycles. The summed E-state index contributed by atoms with van der Waals surface area (Å²) in [5.74, 6) is -0.824. The second-order valence-corrected chi connectivity index (χ2v) is 8.65. The van der Waals surface area contributed by atoms with Crippen molar-refractivity contribution in [3.8, 4) is 0 Å². The van der Waals surface area contributed by atoms with Crippen molar-refractivity contribution in [1.29, 1.82) is 0 Å². The number of halogens is 3. The molecule has 0 radical (unpaired) electrons. The van der Waals surface area contributed by atoms with Gasteiger partial charge in [-0.25, -0.2) is 13.1 Å². The molecule has 0 aliphatic heterocycles. The summed E-state index contributed by atoms with van der Waals surface area (Å²) in [7, 11) is -3.82. The number of sulfonamides is 1. The maximum absolute atomic E-state index is 12.8. The number of alkyl halides is 3. The highest BCUT2D eigenvalue weighted by Gasteiger charge is 2.33. The zero-order valence-corrected chi connectivity index (χ0v) is 16.8.